The number of carbonyl (C=O) groups is 1. The van der Waals surface area contributed by atoms with Crippen LogP contribution >= 0.6 is 11.8 Å². The Balaban J connectivity index is 3.12. The number of aliphatic imine (C=N–C) groups is 1. The summed E-state index contributed by atoms with van der Waals surface area (Å²) < 4.78 is 0. The van der Waals surface area contributed by atoms with Gasteiger partial charge in [0.05, 0.1) is 11.3 Å². The number of rotatable bonds is 2. The second-order valence-electron chi connectivity index (χ2n) is 3.16. The van der Waals surface area contributed by atoms with Crippen LogP contribution in [0.1, 0.15) is 15.9 Å². The van der Waals surface area contributed by atoms with Crippen molar-refractivity contribution in [3.63, 3.8) is 0 Å². The zero-order valence-electron chi connectivity index (χ0n) is 9.39. The number of carboxylic acids is 1. The third-order valence-corrected chi connectivity index (χ3v) is 2.62. The van der Waals surface area contributed by atoms with Crippen LogP contribution in [0.15, 0.2) is 23.2 Å². The molecule has 0 unspecified atom stereocenters. The summed E-state index contributed by atoms with van der Waals surface area (Å²) in [5, 5.41) is 20.3. The normalized spacial score (nSPS) is 10.8. The second kappa shape index (κ2) is 5.92. The van der Waals surface area contributed by atoms with Crippen LogP contribution in [0.5, 0.6) is 0 Å². The number of hydrogen-bond donors (Lipinski definition) is 2. The fourth-order valence-corrected chi connectivity index (χ4v) is 1.54. The molecule has 0 radical (unpaired) electrons. The van der Waals surface area contributed by atoms with E-state index < -0.39 is 5.97 Å². The van der Waals surface area contributed by atoms with Gasteiger partial charge in [0.2, 0.25) is 0 Å². The second-order valence-corrected chi connectivity index (χ2v) is 3.96. The molecule has 17 heavy (non-hydrogen) atoms. The van der Waals surface area contributed by atoms with Crippen molar-refractivity contribution >= 4 is 28.6 Å². The molecule has 0 atom stereocenters. The summed E-state index contributed by atoms with van der Waals surface area (Å²) in [5.41, 5.74) is 1.39. The van der Waals surface area contributed by atoms with Crippen LogP contribution in [0.2, 0.25) is 0 Å². The standard InChI is InChI=1S/C11H11N3O2S/c1-7-3-4-8(5-9(7)10(15)16)14-11(17-2)13-6-12/h3-5H,1-2H3,(H,13,14)(H,15,16). The molecule has 0 aliphatic rings. The predicted octanol–water partition coefficient (Wildman–Crippen LogP) is 2.11. The third kappa shape index (κ3) is 3.50. The van der Waals surface area contributed by atoms with Crippen molar-refractivity contribution in [3.05, 3.63) is 29.3 Å². The van der Waals surface area contributed by atoms with Crippen molar-refractivity contribution in [2.75, 3.05) is 6.26 Å². The summed E-state index contributed by atoms with van der Waals surface area (Å²) in [4.78, 5) is 15.1. The molecular formula is C11H11N3O2S. The van der Waals surface area contributed by atoms with E-state index in [9.17, 15) is 4.79 Å². The smallest absolute Gasteiger partial charge is 0.336 e. The Hall–Kier alpha value is -2.00. The van der Waals surface area contributed by atoms with E-state index in [4.69, 9.17) is 10.4 Å². The number of nitrogens with zero attached hydrogens (tertiary/aromatic N) is 2. The van der Waals surface area contributed by atoms with Gasteiger partial charge in [-0.25, -0.2) is 9.79 Å². The predicted molar refractivity (Wildman–Crippen MR) is 67.5 cm³/mol. The monoisotopic (exact) mass is 249 g/mol. The van der Waals surface area contributed by atoms with Crippen LogP contribution in [-0.2, 0) is 0 Å². The highest BCUT2D eigenvalue weighted by Gasteiger charge is 2.07. The van der Waals surface area contributed by atoms with Gasteiger partial charge >= 0.3 is 5.97 Å². The van der Waals surface area contributed by atoms with E-state index in [0.29, 0.717) is 16.4 Å². The molecule has 0 bridgehead atoms. The number of carboxylic acid groups (broad SMARTS) is 1. The van der Waals surface area contributed by atoms with Crippen LogP contribution in [0.25, 0.3) is 0 Å². The van der Waals surface area contributed by atoms with Gasteiger partial charge in [0.15, 0.2) is 11.4 Å². The summed E-state index contributed by atoms with van der Waals surface area (Å²) in [6.45, 7) is 1.72. The molecule has 0 fully saturated rings. The molecule has 2 N–H and O–H groups in total. The molecule has 6 heteroatoms. The lowest BCUT2D eigenvalue weighted by atomic mass is 10.1. The summed E-state index contributed by atoms with van der Waals surface area (Å²) in [6, 6.07) is 4.87. The molecule has 1 aromatic carbocycles. The molecule has 0 aliphatic carbocycles. The van der Waals surface area contributed by atoms with E-state index >= 15 is 0 Å². The van der Waals surface area contributed by atoms with Gasteiger partial charge in [-0.1, -0.05) is 17.8 Å². The fourth-order valence-electron chi connectivity index (χ4n) is 1.20. The molecule has 0 aliphatic heterocycles. The molecule has 5 nitrogen and oxygen atoms in total. The molecule has 0 saturated carbocycles. The Kier molecular flexibility index (Phi) is 4.55. The van der Waals surface area contributed by atoms with E-state index in [1.165, 1.54) is 17.8 Å². The van der Waals surface area contributed by atoms with Crippen molar-refractivity contribution in [3.8, 4) is 6.19 Å². The van der Waals surface area contributed by atoms with Crippen molar-refractivity contribution in [1.29, 1.82) is 5.26 Å². The first-order chi connectivity index (χ1) is 8.08. The van der Waals surface area contributed by atoms with Crippen molar-refractivity contribution in [1.82, 2.24) is 5.32 Å². The number of aryl methyl sites for hydroxylation is 1. The average molecular weight is 249 g/mol. The zero-order chi connectivity index (χ0) is 12.8. The van der Waals surface area contributed by atoms with E-state index in [0.717, 1.165) is 0 Å². The highest BCUT2D eigenvalue weighted by Crippen LogP contribution is 2.19. The molecule has 1 rings (SSSR count). The minimum Gasteiger partial charge on any atom is -0.478 e. The quantitative estimate of drug-likeness (QED) is 0.363. The maximum atomic E-state index is 10.9. The van der Waals surface area contributed by atoms with Crippen molar-refractivity contribution in [2.45, 2.75) is 6.92 Å². The van der Waals surface area contributed by atoms with E-state index in [2.05, 4.69) is 10.3 Å². The van der Waals surface area contributed by atoms with Crippen molar-refractivity contribution < 1.29 is 9.90 Å². The largest absolute Gasteiger partial charge is 0.478 e. The Morgan fingerprint density at radius 3 is 2.82 bits per heavy atom. The molecule has 0 heterocycles. The van der Waals surface area contributed by atoms with Crippen LogP contribution in [0.4, 0.5) is 5.69 Å². The van der Waals surface area contributed by atoms with E-state index in [1.54, 1.807) is 31.5 Å². The Bertz CT molecular complexity index is 506. The average Bonchev–Trinajstić information content (AvgIpc) is 2.30. The first-order valence-corrected chi connectivity index (χ1v) is 5.92. The molecule has 88 valence electrons. The first-order valence-electron chi connectivity index (χ1n) is 4.70. The summed E-state index contributed by atoms with van der Waals surface area (Å²) in [5.74, 6) is -0.988. The summed E-state index contributed by atoms with van der Waals surface area (Å²) in [6.07, 6.45) is 3.54. The molecule has 0 spiro atoms. The van der Waals surface area contributed by atoms with Gasteiger partial charge in [-0.15, -0.1) is 0 Å². The number of benzene rings is 1. The topological polar surface area (TPSA) is 85.5 Å². The van der Waals surface area contributed by atoms with Crippen LogP contribution in [0, 0.1) is 18.4 Å². The van der Waals surface area contributed by atoms with Crippen LogP contribution in [-0.4, -0.2) is 22.5 Å². The summed E-state index contributed by atoms with van der Waals surface area (Å²) >= 11 is 1.28. The molecule has 1 aromatic rings. The van der Waals surface area contributed by atoms with Gasteiger partial charge in [-0.3, -0.25) is 5.32 Å². The molecule has 0 aromatic heterocycles. The van der Waals surface area contributed by atoms with Crippen LogP contribution < -0.4 is 5.32 Å². The van der Waals surface area contributed by atoms with Gasteiger partial charge in [0.1, 0.15) is 0 Å². The number of aromatic carboxylic acids is 1. The zero-order valence-corrected chi connectivity index (χ0v) is 10.2. The minimum absolute atomic E-state index is 0.212. The number of amidine groups is 1. The van der Waals surface area contributed by atoms with Crippen LogP contribution in [0.3, 0.4) is 0 Å². The lowest BCUT2D eigenvalue weighted by Gasteiger charge is -2.03. The highest BCUT2D eigenvalue weighted by atomic mass is 32.2. The fraction of sp³-hybridized carbons (Fsp3) is 0.182. The first kappa shape index (κ1) is 13.1. The molecule has 0 amide bonds. The molecule has 0 saturated heterocycles. The minimum atomic E-state index is -0.988. The van der Waals surface area contributed by atoms with Gasteiger partial charge in [-0.2, -0.15) is 5.26 Å². The van der Waals surface area contributed by atoms with E-state index in [-0.39, 0.29) is 5.56 Å². The lowest BCUT2D eigenvalue weighted by Crippen LogP contribution is -2.12. The van der Waals surface area contributed by atoms with E-state index in [1.807, 2.05) is 0 Å². The summed E-state index contributed by atoms with van der Waals surface area (Å²) in [7, 11) is 0. The van der Waals surface area contributed by atoms with Gasteiger partial charge in [0.25, 0.3) is 0 Å². The van der Waals surface area contributed by atoms with Crippen molar-refractivity contribution in [2.24, 2.45) is 4.99 Å². The van der Waals surface area contributed by atoms with Gasteiger partial charge in [-0.05, 0) is 30.9 Å². The Labute approximate surface area is 103 Å². The molecular weight excluding hydrogens is 238 g/mol. The number of thioether (sulfide) groups is 1. The highest BCUT2D eigenvalue weighted by molar-refractivity contribution is 8.13. The third-order valence-electron chi connectivity index (χ3n) is 2.04. The van der Waals surface area contributed by atoms with Gasteiger partial charge in [0, 0.05) is 0 Å². The number of nitrogens with one attached hydrogen (secondary N) is 1. The maximum Gasteiger partial charge on any atom is 0.336 e. The maximum absolute atomic E-state index is 10.9. The lowest BCUT2D eigenvalue weighted by molar-refractivity contribution is 0.0696. The van der Waals surface area contributed by atoms with Gasteiger partial charge < -0.3 is 5.11 Å². The number of nitriles is 1. The SMILES string of the molecule is CSC(=Nc1ccc(C)c(C(=O)O)c1)NC#N. The number of hydrogen-bond acceptors (Lipinski definition) is 4. The Morgan fingerprint density at radius 1 is 1.59 bits per heavy atom. The Morgan fingerprint density at radius 2 is 2.29 bits per heavy atom.